The van der Waals surface area contributed by atoms with Crippen molar-refractivity contribution in [2.24, 2.45) is 0 Å². The van der Waals surface area contributed by atoms with E-state index in [2.05, 4.69) is 35.9 Å². The molecule has 3 heterocycles. The Kier molecular flexibility index (Phi) is 9.00. The number of fused-ring (bicyclic) bond motifs is 1. The minimum Gasteiger partial charge on any atom is -0.353 e. The minimum atomic E-state index is -0.0544. The van der Waals surface area contributed by atoms with Gasteiger partial charge < -0.3 is 25.8 Å². The van der Waals surface area contributed by atoms with Crippen molar-refractivity contribution in [3.05, 3.63) is 78.9 Å². The van der Waals surface area contributed by atoms with Gasteiger partial charge in [0, 0.05) is 59.8 Å². The quantitative estimate of drug-likeness (QED) is 0.219. The van der Waals surface area contributed by atoms with Crippen LogP contribution in [0.25, 0.3) is 22.3 Å². The molecule has 2 amide bonds. The zero-order chi connectivity index (χ0) is 28.6. The van der Waals surface area contributed by atoms with Crippen LogP contribution in [-0.2, 0) is 16.0 Å². The first-order valence-corrected chi connectivity index (χ1v) is 13.9. The number of aromatic amines is 1. The molecule has 1 aromatic carbocycles. The third-order valence-electron chi connectivity index (χ3n) is 7.11. The number of nitrogens with one attached hydrogen (secondary N) is 4. The Morgan fingerprint density at radius 1 is 1.00 bits per heavy atom. The standard InChI is InChI=1S/C31H36N8O2/c1-39(2)14-4-7-29(40)37-24-8-10-25(11-9-24)38-30(41)16-21-5-3-6-26(15-21)36-28-18-27(34-20-35-28)23-17-22-12-13-32-31(22)33-19-23/h3-7,12-13,15,17-20,24-25H,8-11,14,16H2,1-2H3,(H,32,33)(H,37,40)(H,38,41)(H,34,35,36). The van der Waals surface area contributed by atoms with Crippen molar-refractivity contribution < 1.29 is 9.59 Å². The van der Waals surface area contributed by atoms with Crippen LogP contribution >= 0.6 is 0 Å². The first-order valence-electron chi connectivity index (χ1n) is 13.9. The number of H-pyrrole nitrogens is 1. The number of likely N-dealkylation sites (N-methyl/N-ethyl adjacent to an activating group) is 1. The molecular formula is C31H36N8O2. The molecule has 1 fully saturated rings. The highest BCUT2D eigenvalue weighted by molar-refractivity contribution is 5.87. The maximum Gasteiger partial charge on any atom is 0.243 e. The fourth-order valence-corrected chi connectivity index (χ4v) is 5.04. The maximum absolute atomic E-state index is 12.8. The van der Waals surface area contributed by atoms with Gasteiger partial charge in [0.15, 0.2) is 0 Å². The molecule has 10 heteroatoms. The van der Waals surface area contributed by atoms with E-state index in [9.17, 15) is 9.59 Å². The van der Waals surface area contributed by atoms with Gasteiger partial charge in [-0.3, -0.25) is 9.59 Å². The second-order valence-electron chi connectivity index (χ2n) is 10.7. The molecule has 0 unspecified atom stereocenters. The van der Waals surface area contributed by atoms with Gasteiger partial charge in [0.25, 0.3) is 0 Å². The monoisotopic (exact) mass is 552 g/mol. The van der Waals surface area contributed by atoms with Gasteiger partial charge in [0.05, 0.1) is 12.1 Å². The first kappa shape index (κ1) is 28.0. The molecule has 0 saturated heterocycles. The summed E-state index contributed by atoms with van der Waals surface area (Å²) in [7, 11) is 3.93. The van der Waals surface area contributed by atoms with E-state index in [1.54, 1.807) is 12.3 Å². The summed E-state index contributed by atoms with van der Waals surface area (Å²) in [5, 5.41) is 10.6. The lowest BCUT2D eigenvalue weighted by Crippen LogP contribution is -2.43. The number of hydrogen-bond donors (Lipinski definition) is 4. The van der Waals surface area contributed by atoms with Crippen LogP contribution < -0.4 is 16.0 Å². The summed E-state index contributed by atoms with van der Waals surface area (Å²) in [6.45, 7) is 0.733. The SMILES string of the molecule is CN(C)CC=CC(=O)NC1CCC(NC(=O)Cc2cccc(Nc3cc(-c4cnc5[nH]ccc5c4)ncn3)c2)CC1. The zero-order valence-corrected chi connectivity index (χ0v) is 23.4. The molecular weight excluding hydrogens is 516 g/mol. The van der Waals surface area contributed by atoms with Gasteiger partial charge in [-0.1, -0.05) is 18.2 Å². The topological polar surface area (TPSA) is 128 Å². The molecule has 1 saturated carbocycles. The van der Waals surface area contributed by atoms with Crippen molar-refractivity contribution in [3.63, 3.8) is 0 Å². The third-order valence-corrected chi connectivity index (χ3v) is 7.11. The molecule has 4 aromatic rings. The van der Waals surface area contributed by atoms with E-state index in [0.29, 0.717) is 12.2 Å². The number of pyridine rings is 1. The van der Waals surface area contributed by atoms with E-state index in [4.69, 9.17) is 0 Å². The largest absolute Gasteiger partial charge is 0.353 e. The van der Waals surface area contributed by atoms with E-state index in [1.165, 1.54) is 6.33 Å². The van der Waals surface area contributed by atoms with Crippen molar-refractivity contribution in [2.45, 2.75) is 44.2 Å². The predicted molar refractivity (Wildman–Crippen MR) is 161 cm³/mol. The van der Waals surface area contributed by atoms with E-state index in [1.807, 2.05) is 73.7 Å². The molecule has 5 rings (SSSR count). The number of rotatable bonds is 10. The summed E-state index contributed by atoms with van der Waals surface area (Å²) in [5.41, 5.74) is 4.26. The van der Waals surface area contributed by atoms with Gasteiger partial charge in [-0.2, -0.15) is 0 Å². The van der Waals surface area contributed by atoms with E-state index >= 15 is 0 Å². The zero-order valence-electron chi connectivity index (χ0n) is 23.4. The molecule has 0 aliphatic heterocycles. The summed E-state index contributed by atoms with van der Waals surface area (Å²) < 4.78 is 0. The molecule has 10 nitrogen and oxygen atoms in total. The molecule has 0 bridgehead atoms. The molecule has 0 atom stereocenters. The number of hydrogen-bond acceptors (Lipinski definition) is 7. The number of carbonyl (C=O) groups is 2. The second-order valence-corrected chi connectivity index (χ2v) is 10.7. The van der Waals surface area contributed by atoms with Crippen LogP contribution in [0.1, 0.15) is 31.2 Å². The summed E-state index contributed by atoms with van der Waals surface area (Å²) in [6.07, 6.45) is 12.3. The van der Waals surface area contributed by atoms with Crippen molar-refractivity contribution in [1.82, 2.24) is 35.5 Å². The van der Waals surface area contributed by atoms with Gasteiger partial charge >= 0.3 is 0 Å². The second kappa shape index (κ2) is 13.2. The van der Waals surface area contributed by atoms with Gasteiger partial charge in [-0.15, -0.1) is 0 Å². The Hall–Kier alpha value is -4.57. The molecule has 1 aliphatic rings. The number of carbonyl (C=O) groups excluding carboxylic acids is 2. The molecule has 3 aromatic heterocycles. The van der Waals surface area contributed by atoms with Crippen molar-refractivity contribution in [2.75, 3.05) is 26.0 Å². The normalized spacial score (nSPS) is 17.1. The van der Waals surface area contributed by atoms with Gasteiger partial charge in [-0.05, 0) is 69.6 Å². The summed E-state index contributed by atoms with van der Waals surface area (Å²) in [4.78, 5) is 43.3. The van der Waals surface area contributed by atoms with Crippen molar-refractivity contribution in [3.8, 4) is 11.3 Å². The fraction of sp³-hybridized carbons (Fsp3) is 0.323. The number of aromatic nitrogens is 4. The lowest BCUT2D eigenvalue weighted by Gasteiger charge is -2.29. The highest BCUT2D eigenvalue weighted by Gasteiger charge is 2.23. The van der Waals surface area contributed by atoms with Crippen LogP contribution in [0.3, 0.4) is 0 Å². The number of nitrogens with zero attached hydrogens (tertiary/aromatic N) is 4. The van der Waals surface area contributed by atoms with E-state index in [-0.39, 0.29) is 23.9 Å². The minimum absolute atomic E-state index is 0.00164. The maximum atomic E-state index is 12.8. The van der Waals surface area contributed by atoms with E-state index < -0.39 is 0 Å². The highest BCUT2D eigenvalue weighted by Crippen LogP contribution is 2.24. The summed E-state index contributed by atoms with van der Waals surface area (Å²) in [6, 6.07) is 14.0. The number of anilines is 2. The van der Waals surface area contributed by atoms with Crippen LogP contribution in [0.15, 0.2) is 73.3 Å². The molecule has 4 N–H and O–H groups in total. The average Bonchev–Trinajstić information content (AvgIpc) is 3.42. The Bertz CT molecular complexity index is 1520. The third kappa shape index (κ3) is 7.98. The predicted octanol–water partition coefficient (Wildman–Crippen LogP) is 3.97. The van der Waals surface area contributed by atoms with Crippen LogP contribution in [0.5, 0.6) is 0 Å². The average molecular weight is 553 g/mol. The Labute approximate surface area is 239 Å². The smallest absolute Gasteiger partial charge is 0.243 e. The number of amides is 2. The molecule has 0 radical (unpaired) electrons. The molecule has 212 valence electrons. The van der Waals surface area contributed by atoms with Gasteiger partial charge in [-0.25, -0.2) is 15.0 Å². The Morgan fingerprint density at radius 3 is 2.61 bits per heavy atom. The van der Waals surface area contributed by atoms with Crippen LogP contribution in [-0.4, -0.2) is 69.4 Å². The lowest BCUT2D eigenvalue weighted by atomic mass is 9.91. The van der Waals surface area contributed by atoms with Gasteiger partial charge in [0.1, 0.15) is 17.8 Å². The molecule has 1 aliphatic carbocycles. The molecule has 0 spiro atoms. The first-order chi connectivity index (χ1) is 19.9. The highest BCUT2D eigenvalue weighted by atomic mass is 16.2. The number of benzene rings is 1. The van der Waals surface area contributed by atoms with Crippen molar-refractivity contribution in [1.29, 1.82) is 0 Å². The summed E-state index contributed by atoms with van der Waals surface area (Å²) >= 11 is 0. The van der Waals surface area contributed by atoms with Crippen LogP contribution in [0.2, 0.25) is 0 Å². The van der Waals surface area contributed by atoms with E-state index in [0.717, 1.165) is 65.8 Å². The molecule has 41 heavy (non-hydrogen) atoms. The summed E-state index contributed by atoms with van der Waals surface area (Å²) in [5.74, 6) is 0.599. The lowest BCUT2D eigenvalue weighted by molar-refractivity contribution is -0.121. The Balaban J connectivity index is 1.11. The Morgan fingerprint density at radius 2 is 1.80 bits per heavy atom. The van der Waals surface area contributed by atoms with Crippen LogP contribution in [0.4, 0.5) is 11.5 Å². The van der Waals surface area contributed by atoms with Gasteiger partial charge in [0.2, 0.25) is 11.8 Å². The van der Waals surface area contributed by atoms with Crippen LogP contribution in [0, 0.1) is 0 Å². The fourth-order valence-electron chi connectivity index (χ4n) is 5.04. The van der Waals surface area contributed by atoms with Crippen molar-refractivity contribution >= 4 is 34.4 Å².